The third-order valence-electron chi connectivity index (χ3n) is 1.91. The van der Waals surface area contributed by atoms with Gasteiger partial charge in [0, 0.05) is 13.0 Å². The average Bonchev–Trinajstić information content (AvgIpc) is 2.45. The number of hydrogen-bond donors (Lipinski definition) is 1. The van der Waals surface area contributed by atoms with Gasteiger partial charge in [-0.25, -0.2) is 4.79 Å². The number of carbonyl (C=O) groups excluding carboxylic acids is 1. The summed E-state index contributed by atoms with van der Waals surface area (Å²) in [7, 11) is 0. The molecule has 1 heterocycles. The van der Waals surface area contributed by atoms with Crippen LogP contribution in [0.1, 0.15) is 19.3 Å². The highest BCUT2D eigenvalue weighted by molar-refractivity contribution is 5.69. The second-order valence-electron chi connectivity index (χ2n) is 2.95. The first-order valence-corrected chi connectivity index (χ1v) is 4.33. The molecule has 0 radical (unpaired) electrons. The Morgan fingerprint density at radius 1 is 1.54 bits per heavy atom. The first-order chi connectivity index (χ1) is 6.20. The summed E-state index contributed by atoms with van der Waals surface area (Å²) in [5.74, 6) is -0.788. The van der Waals surface area contributed by atoms with Crippen LogP contribution in [0.4, 0.5) is 4.79 Å². The number of carboxylic acid groups (broad SMARTS) is 1. The summed E-state index contributed by atoms with van der Waals surface area (Å²) in [5.41, 5.74) is 0. The summed E-state index contributed by atoms with van der Waals surface area (Å²) in [6.07, 6.45) is 1.22. The number of cyclic esters (lactones) is 1. The Kier molecular flexibility index (Phi) is 3.54. The largest absolute Gasteiger partial charge is 0.481 e. The van der Waals surface area contributed by atoms with Gasteiger partial charge in [0.2, 0.25) is 0 Å². The molecular weight excluding hydrogens is 174 g/mol. The minimum atomic E-state index is -0.788. The van der Waals surface area contributed by atoms with Crippen molar-refractivity contribution in [1.29, 1.82) is 0 Å². The number of unbranched alkanes of at least 4 members (excludes halogenated alkanes) is 1. The Bertz CT molecular complexity index is 204. The molecule has 74 valence electrons. The molecule has 1 N–H and O–H groups in total. The molecule has 1 saturated heterocycles. The van der Waals surface area contributed by atoms with Gasteiger partial charge < -0.3 is 14.7 Å². The van der Waals surface area contributed by atoms with E-state index in [9.17, 15) is 9.59 Å². The maximum Gasteiger partial charge on any atom is 0.409 e. The minimum Gasteiger partial charge on any atom is -0.481 e. The van der Waals surface area contributed by atoms with Gasteiger partial charge >= 0.3 is 12.1 Å². The SMILES string of the molecule is O=C(O)CCCCN1CCOC1=O. The monoisotopic (exact) mass is 187 g/mol. The molecule has 1 aliphatic rings. The van der Waals surface area contributed by atoms with Crippen molar-refractivity contribution in [2.24, 2.45) is 0 Å². The van der Waals surface area contributed by atoms with Crippen molar-refractivity contribution in [2.45, 2.75) is 19.3 Å². The Morgan fingerprint density at radius 3 is 2.85 bits per heavy atom. The van der Waals surface area contributed by atoms with Crippen LogP contribution in [0.15, 0.2) is 0 Å². The molecule has 1 fully saturated rings. The van der Waals surface area contributed by atoms with Gasteiger partial charge in [-0.3, -0.25) is 4.79 Å². The lowest BCUT2D eigenvalue weighted by atomic mass is 10.2. The molecule has 1 rings (SSSR count). The fraction of sp³-hybridized carbons (Fsp3) is 0.750. The summed E-state index contributed by atoms with van der Waals surface area (Å²) < 4.78 is 4.71. The van der Waals surface area contributed by atoms with Crippen molar-refractivity contribution < 1.29 is 19.4 Å². The van der Waals surface area contributed by atoms with Crippen molar-refractivity contribution in [1.82, 2.24) is 4.90 Å². The molecule has 13 heavy (non-hydrogen) atoms. The third-order valence-corrected chi connectivity index (χ3v) is 1.91. The lowest BCUT2D eigenvalue weighted by molar-refractivity contribution is -0.137. The van der Waals surface area contributed by atoms with E-state index in [1.807, 2.05) is 0 Å². The highest BCUT2D eigenvalue weighted by atomic mass is 16.6. The fourth-order valence-electron chi connectivity index (χ4n) is 1.21. The molecule has 0 unspecified atom stereocenters. The molecule has 0 atom stereocenters. The second-order valence-corrected chi connectivity index (χ2v) is 2.95. The second kappa shape index (κ2) is 4.69. The zero-order valence-electron chi connectivity index (χ0n) is 7.36. The van der Waals surface area contributed by atoms with Gasteiger partial charge in [-0.1, -0.05) is 0 Å². The minimum absolute atomic E-state index is 0.170. The zero-order chi connectivity index (χ0) is 9.68. The summed E-state index contributed by atoms with van der Waals surface area (Å²) in [4.78, 5) is 22.6. The molecule has 0 spiro atoms. The van der Waals surface area contributed by atoms with Crippen LogP contribution in [0.2, 0.25) is 0 Å². The third kappa shape index (κ3) is 3.31. The molecule has 0 aromatic rings. The predicted molar refractivity (Wildman–Crippen MR) is 44.4 cm³/mol. The molecule has 5 heteroatoms. The van der Waals surface area contributed by atoms with E-state index in [-0.39, 0.29) is 12.5 Å². The molecule has 0 aromatic heterocycles. The maximum absolute atomic E-state index is 10.9. The molecule has 5 nitrogen and oxygen atoms in total. The van der Waals surface area contributed by atoms with Gasteiger partial charge in [0.25, 0.3) is 0 Å². The van der Waals surface area contributed by atoms with Crippen LogP contribution >= 0.6 is 0 Å². The average molecular weight is 187 g/mol. The van der Waals surface area contributed by atoms with Crippen LogP contribution in [0.3, 0.4) is 0 Å². The van der Waals surface area contributed by atoms with Gasteiger partial charge in [0.05, 0.1) is 6.54 Å². The molecule has 0 saturated carbocycles. The molecule has 0 aliphatic carbocycles. The highest BCUT2D eigenvalue weighted by Crippen LogP contribution is 2.05. The van der Waals surface area contributed by atoms with E-state index in [0.29, 0.717) is 26.1 Å². The van der Waals surface area contributed by atoms with Crippen LogP contribution in [0.5, 0.6) is 0 Å². The fourth-order valence-corrected chi connectivity index (χ4v) is 1.21. The Labute approximate surface area is 76.3 Å². The lowest BCUT2D eigenvalue weighted by Crippen LogP contribution is -2.25. The Hall–Kier alpha value is -1.26. The number of nitrogens with zero attached hydrogens (tertiary/aromatic N) is 1. The van der Waals surface area contributed by atoms with Crippen molar-refractivity contribution in [3.8, 4) is 0 Å². The molecule has 0 bridgehead atoms. The van der Waals surface area contributed by atoms with E-state index < -0.39 is 5.97 Å². The summed E-state index contributed by atoms with van der Waals surface area (Å²) in [6.45, 7) is 1.69. The van der Waals surface area contributed by atoms with E-state index >= 15 is 0 Å². The standard InChI is InChI=1S/C8H13NO4/c10-7(11)3-1-2-4-9-5-6-13-8(9)12/h1-6H2,(H,10,11). The summed E-state index contributed by atoms with van der Waals surface area (Å²) in [6, 6.07) is 0. The number of hydrogen-bond acceptors (Lipinski definition) is 3. The summed E-state index contributed by atoms with van der Waals surface area (Å²) >= 11 is 0. The van der Waals surface area contributed by atoms with Crippen molar-refractivity contribution in [2.75, 3.05) is 19.7 Å². The smallest absolute Gasteiger partial charge is 0.409 e. The van der Waals surface area contributed by atoms with Crippen LogP contribution in [-0.4, -0.2) is 41.8 Å². The van der Waals surface area contributed by atoms with E-state index in [0.717, 1.165) is 6.42 Å². The number of aliphatic carboxylic acids is 1. The van der Waals surface area contributed by atoms with Crippen LogP contribution in [0, 0.1) is 0 Å². The molecular formula is C8H13NO4. The van der Waals surface area contributed by atoms with Gasteiger partial charge in [-0.05, 0) is 12.8 Å². The molecule has 0 aromatic carbocycles. The quantitative estimate of drug-likeness (QED) is 0.643. The van der Waals surface area contributed by atoms with E-state index in [2.05, 4.69) is 0 Å². The maximum atomic E-state index is 10.9. The van der Waals surface area contributed by atoms with Crippen molar-refractivity contribution >= 4 is 12.1 Å². The van der Waals surface area contributed by atoms with Crippen molar-refractivity contribution in [3.05, 3.63) is 0 Å². The lowest BCUT2D eigenvalue weighted by Gasteiger charge is -2.10. The van der Waals surface area contributed by atoms with Gasteiger partial charge in [0.15, 0.2) is 0 Å². The predicted octanol–water partition coefficient (Wildman–Crippen LogP) is 0.694. The van der Waals surface area contributed by atoms with Gasteiger partial charge in [-0.2, -0.15) is 0 Å². The molecule has 1 amide bonds. The zero-order valence-corrected chi connectivity index (χ0v) is 7.36. The van der Waals surface area contributed by atoms with Crippen LogP contribution in [0.25, 0.3) is 0 Å². The molecule has 1 aliphatic heterocycles. The van der Waals surface area contributed by atoms with Gasteiger partial charge in [-0.15, -0.1) is 0 Å². The van der Waals surface area contributed by atoms with Crippen molar-refractivity contribution in [3.63, 3.8) is 0 Å². The number of carboxylic acids is 1. The highest BCUT2D eigenvalue weighted by Gasteiger charge is 2.20. The topological polar surface area (TPSA) is 66.8 Å². The van der Waals surface area contributed by atoms with E-state index in [4.69, 9.17) is 9.84 Å². The Morgan fingerprint density at radius 2 is 2.31 bits per heavy atom. The number of carbonyl (C=O) groups is 2. The first kappa shape index (κ1) is 9.83. The Balaban J connectivity index is 2.05. The van der Waals surface area contributed by atoms with Crippen LogP contribution < -0.4 is 0 Å². The van der Waals surface area contributed by atoms with E-state index in [1.165, 1.54) is 0 Å². The normalized spacial score (nSPS) is 16.0. The summed E-state index contributed by atoms with van der Waals surface area (Å²) in [5, 5.41) is 8.35. The number of ether oxygens (including phenoxy) is 1. The van der Waals surface area contributed by atoms with Gasteiger partial charge in [0.1, 0.15) is 6.61 Å². The van der Waals surface area contributed by atoms with Crippen LogP contribution in [-0.2, 0) is 9.53 Å². The van der Waals surface area contributed by atoms with E-state index in [1.54, 1.807) is 4.90 Å². The first-order valence-electron chi connectivity index (χ1n) is 4.33. The number of amides is 1. The number of rotatable bonds is 5.